The van der Waals surface area contributed by atoms with Crippen molar-refractivity contribution in [3.05, 3.63) is 34.4 Å². The molecule has 0 saturated heterocycles. The van der Waals surface area contributed by atoms with Gasteiger partial charge in [-0.1, -0.05) is 13.8 Å². The molecule has 0 saturated carbocycles. The molecule has 1 amide bonds. The number of amides is 1. The summed E-state index contributed by atoms with van der Waals surface area (Å²) in [5, 5.41) is 13.4. The lowest BCUT2D eigenvalue weighted by Gasteiger charge is -2.11. The van der Waals surface area contributed by atoms with E-state index in [0.29, 0.717) is 27.9 Å². The van der Waals surface area contributed by atoms with Crippen LogP contribution in [0, 0.1) is 6.92 Å². The Morgan fingerprint density at radius 1 is 1.36 bits per heavy atom. The summed E-state index contributed by atoms with van der Waals surface area (Å²) in [7, 11) is 0. The van der Waals surface area contributed by atoms with Gasteiger partial charge in [0.05, 0.1) is 23.4 Å². The number of aryl methyl sites for hydroxylation is 1. The number of carboxylic acids is 1. The van der Waals surface area contributed by atoms with Crippen LogP contribution >= 0.6 is 11.3 Å². The fourth-order valence-electron chi connectivity index (χ4n) is 1.87. The molecule has 22 heavy (non-hydrogen) atoms. The van der Waals surface area contributed by atoms with Crippen LogP contribution in [-0.4, -0.2) is 31.9 Å². The SMILES string of the molecule is Cc1ncc(C(=O)Nc2nc(CC(=O)O)cs2)c(C(C)C)n1. The molecule has 0 unspecified atom stereocenters. The Morgan fingerprint density at radius 2 is 2.09 bits per heavy atom. The van der Waals surface area contributed by atoms with Crippen molar-refractivity contribution in [2.24, 2.45) is 0 Å². The van der Waals surface area contributed by atoms with Crippen molar-refractivity contribution in [1.29, 1.82) is 0 Å². The van der Waals surface area contributed by atoms with E-state index < -0.39 is 5.97 Å². The van der Waals surface area contributed by atoms with Crippen LogP contribution in [0.1, 0.15) is 47.3 Å². The lowest BCUT2D eigenvalue weighted by Crippen LogP contribution is -2.17. The minimum Gasteiger partial charge on any atom is -0.481 e. The Hall–Kier alpha value is -2.35. The maximum Gasteiger partial charge on any atom is 0.309 e. The van der Waals surface area contributed by atoms with Crippen molar-refractivity contribution in [3.63, 3.8) is 0 Å². The van der Waals surface area contributed by atoms with Crippen molar-refractivity contribution < 1.29 is 14.7 Å². The number of nitrogens with zero attached hydrogens (tertiary/aromatic N) is 3. The number of aliphatic carboxylic acids is 1. The molecule has 116 valence electrons. The highest BCUT2D eigenvalue weighted by Gasteiger charge is 2.18. The topological polar surface area (TPSA) is 105 Å². The second-order valence-electron chi connectivity index (χ2n) is 5.04. The Balaban J connectivity index is 2.19. The van der Waals surface area contributed by atoms with E-state index in [1.165, 1.54) is 17.5 Å². The van der Waals surface area contributed by atoms with Gasteiger partial charge in [-0.3, -0.25) is 14.9 Å². The van der Waals surface area contributed by atoms with Gasteiger partial charge in [0.1, 0.15) is 5.82 Å². The molecule has 2 aromatic rings. The molecule has 0 aromatic carbocycles. The summed E-state index contributed by atoms with van der Waals surface area (Å²) in [5.41, 5.74) is 1.49. The van der Waals surface area contributed by atoms with Crippen LogP contribution in [0.15, 0.2) is 11.6 Å². The maximum absolute atomic E-state index is 12.3. The maximum atomic E-state index is 12.3. The second-order valence-corrected chi connectivity index (χ2v) is 5.90. The lowest BCUT2D eigenvalue weighted by atomic mass is 10.0. The third-order valence-corrected chi connectivity index (χ3v) is 3.64. The van der Waals surface area contributed by atoms with E-state index in [0.717, 1.165) is 0 Å². The average molecular weight is 320 g/mol. The Bertz CT molecular complexity index is 712. The van der Waals surface area contributed by atoms with Gasteiger partial charge in [0.2, 0.25) is 0 Å². The number of carbonyl (C=O) groups excluding carboxylic acids is 1. The first-order chi connectivity index (χ1) is 10.4. The zero-order valence-electron chi connectivity index (χ0n) is 12.5. The van der Waals surface area contributed by atoms with Gasteiger partial charge >= 0.3 is 5.97 Å². The zero-order chi connectivity index (χ0) is 16.3. The van der Waals surface area contributed by atoms with Crippen molar-refractivity contribution in [1.82, 2.24) is 15.0 Å². The molecule has 2 heterocycles. The number of hydrogen-bond donors (Lipinski definition) is 2. The molecule has 8 heteroatoms. The summed E-state index contributed by atoms with van der Waals surface area (Å²) in [5.74, 6) is -0.614. The van der Waals surface area contributed by atoms with E-state index in [1.807, 2.05) is 13.8 Å². The molecule has 0 fully saturated rings. The molecular formula is C14H16N4O3S. The Kier molecular flexibility index (Phi) is 4.81. The average Bonchev–Trinajstić information content (AvgIpc) is 2.84. The highest BCUT2D eigenvalue weighted by molar-refractivity contribution is 7.14. The van der Waals surface area contributed by atoms with E-state index in [4.69, 9.17) is 5.11 Å². The molecule has 0 spiro atoms. The molecule has 0 aliphatic carbocycles. The predicted molar refractivity (Wildman–Crippen MR) is 82.3 cm³/mol. The number of carboxylic acid groups (broad SMARTS) is 1. The largest absolute Gasteiger partial charge is 0.481 e. The van der Waals surface area contributed by atoms with Crippen LogP contribution in [0.3, 0.4) is 0 Å². The van der Waals surface area contributed by atoms with Gasteiger partial charge in [0.15, 0.2) is 5.13 Å². The summed E-state index contributed by atoms with van der Waals surface area (Å²) < 4.78 is 0. The number of aromatic nitrogens is 3. The van der Waals surface area contributed by atoms with Gasteiger partial charge in [-0.2, -0.15) is 0 Å². The van der Waals surface area contributed by atoms with Crippen LogP contribution in [0.25, 0.3) is 0 Å². The van der Waals surface area contributed by atoms with Crippen molar-refractivity contribution in [3.8, 4) is 0 Å². The van der Waals surface area contributed by atoms with E-state index in [-0.39, 0.29) is 18.2 Å². The lowest BCUT2D eigenvalue weighted by molar-refractivity contribution is -0.136. The molecule has 0 aliphatic heterocycles. The summed E-state index contributed by atoms with van der Waals surface area (Å²) in [6.45, 7) is 5.67. The molecule has 7 nitrogen and oxygen atoms in total. The first-order valence-electron chi connectivity index (χ1n) is 6.68. The van der Waals surface area contributed by atoms with Gasteiger partial charge in [-0.15, -0.1) is 11.3 Å². The van der Waals surface area contributed by atoms with E-state index in [2.05, 4.69) is 20.3 Å². The smallest absolute Gasteiger partial charge is 0.309 e. The Morgan fingerprint density at radius 3 is 2.73 bits per heavy atom. The van der Waals surface area contributed by atoms with Crippen LogP contribution in [0.2, 0.25) is 0 Å². The van der Waals surface area contributed by atoms with Crippen LogP contribution in [0.5, 0.6) is 0 Å². The third-order valence-electron chi connectivity index (χ3n) is 2.83. The quantitative estimate of drug-likeness (QED) is 0.875. The fourth-order valence-corrected chi connectivity index (χ4v) is 2.57. The van der Waals surface area contributed by atoms with Gasteiger partial charge in [-0.25, -0.2) is 15.0 Å². The summed E-state index contributed by atoms with van der Waals surface area (Å²) in [6.07, 6.45) is 1.33. The van der Waals surface area contributed by atoms with Crippen LogP contribution in [-0.2, 0) is 11.2 Å². The molecule has 2 rings (SSSR count). The van der Waals surface area contributed by atoms with Gasteiger partial charge < -0.3 is 5.11 Å². The molecule has 0 bridgehead atoms. The summed E-state index contributed by atoms with van der Waals surface area (Å²) in [4.78, 5) is 35.4. The highest BCUT2D eigenvalue weighted by Crippen LogP contribution is 2.20. The van der Waals surface area contributed by atoms with E-state index >= 15 is 0 Å². The zero-order valence-corrected chi connectivity index (χ0v) is 13.3. The molecule has 2 aromatic heterocycles. The van der Waals surface area contributed by atoms with Gasteiger partial charge in [-0.05, 0) is 12.8 Å². The van der Waals surface area contributed by atoms with Crippen molar-refractivity contribution in [2.45, 2.75) is 33.1 Å². The fraction of sp³-hybridized carbons (Fsp3) is 0.357. The number of thiazole rings is 1. The molecule has 0 radical (unpaired) electrons. The minimum atomic E-state index is -0.961. The normalized spacial score (nSPS) is 10.7. The highest BCUT2D eigenvalue weighted by atomic mass is 32.1. The molecule has 0 atom stereocenters. The van der Waals surface area contributed by atoms with Crippen molar-refractivity contribution in [2.75, 3.05) is 5.32 Å². The molecular weight excluding hydrogens is 304 g/mol. The number of carbonyl (C=O) groups is 2. The molecule has 0 aliphatic rings. The first kappa shape index (κ1) is 16.0. The van der Waals surface area contributed by atoms with Gasteiger partial charge in [0, 0.05) is 11.6 Å². The Labute approximate surface area is 131 Å². The van der Waals surface area contributed by atoms with Gasteiger partial charge in [0.25, 0.3) is 5.91 Å². The predicted octanol–water partition coefficient (Wildman–Crippen LogP) is 2.24. The summed E-state index contributed by atoms with van der Waals surface area (Å²) >= 11 is 1.18. The first-order valence-corrected chi connectivity index (χ1v) is 7.56. The van der Waals surface area contributed by atoms with E-state index in [9.17, 15) is 9.59 Å². The number of nitrogens with one attached hydrogen (secondary N) is 1. The number of anilines is 1. The monoisotopic (exact) mass is 320 g/mol. The second kappa shape index (κ2) is 6.61. The number of hydrogen-bond acceptors (Lipinski definition) is 6. The van der Waals surface area contributed by atoms with E-state index in [1.54, 1.807) is 12.3 Å². The standard InChI is InChI=1S/C14H16N4O3S/c1-7(2)12-10(5-15-8(3)16-12)13(21)18-14-17-9(6-22-14)4-11(19)20/h5-7H,4H2,1-3H3,(H,19,20)(H,17,18,21). The van der Waals surface area contributed by atoms with Crippen LogP contribution < -0.4 is 5.32 Å². The summed E-state index contributed by atoms with van der Waals surface area (Å²) in [6, 6.07) is 0. The minimum absolute atomic E-state index is 0.0846. The third kappa shape index (κ3) is 3.85. The molecule has 2 N–H and O–H groups in total. The van der Waals surface area contributed by atoms with Crippen molar-refractivity contribution >= 4 is 28.3 Å². The number of rotatable bonds is 5. The van der Waals surface area contributed by atoms with Crippen LogP contribution in [0.4, 0.5) is 5.13 Å².